The van der Waals surface area contributed by atoms with Crippen LogP contribution in [0.25, 0.3) is 0 Å². The molecule has 0 saturated carbocycles. The molecule has 1 aromatic carbocycles. The normalized spacial score (nSPS) is 16.5. The van der Waals surface area contributed by atoms with Gasteiger partial charge in [-0.2, -0.15) is 4.72 Å². The van der Waals surface area contributed by atoms with Crippen molar-refractivity contribution in [3.05, 3.63) is 57.3 Å². The number of sulfonamides is 1. The first-order chi connectivity index (χ1) is 11.3. The van der Waals surface area contributed by atoms with Gasteiger partial charge in [0.15, 0.2) is 4.90 Å². The summed E-state index contributed by atoms with van der Waals surface area (Å²) in [5.74, 6) is -0.0485. The summed E-state index contributed by atoms with van der Waals surface area (Å²) < 4.78 is 33.2. The van der Waals surface area contributed by atoms with Crippen LogP contribution in [-0.2, 0) is 10.0 Å². The number of nitro groups is 1. The third-order valence-electron chi connectivity index (χ3n) is 3.99. The summed E-state index contributed by atoms with van der Waals surface area (Å²) in [6.45, 7) is 3.97. The summed E-state index contributed by atoms with van der Waals surface area (Å²) in [5, 5.41) is 11.0. The van der Waals surface area contributed by atoms with E-state index in [4.69, 9.17) is 4.74 Å². The molecule has 9 heteroatoms. The number of hydrogen-bond acceptors (Lipinski definition) is 6. The van der Waals surface area contributed by atoms with Crippen LogP contribution in [-0.4, -0.2) is 24.9 Å². The van der Waals surface area contributed by atoms with Gasteiger partial charge >= 0.3 is 5.82 Å². The molecule has 3 rings (SSSR count). The lowest BCUT2D eigenvalue weighted by Crippen LogP contribution is -2.30. The molecular formula is C15H15N3O5S. The molecule has 1 N–H and O–H groups in total. The maximum atomic E-state index is 12.6. The molecule has 0 amide bonds. The molecule has 0 unspecified atom stereocenters. The molecule has 0 fully saturated rings. The number of nitrogens with zero attached hydrogens (tertiary/aromatic N) is 2. The molecule has 1 aliphatic heterocycles. The number of fused-ring (bicyclic) bond motifs is 1. The Labute approximate surface area is 138 Å². The van der Waals surface area contributed by atoms with Crippen LogP contribution in [0.15, 0.2) is 35.4 Å². The summed E-state index contributed by atoms with van der Waals surface area (Å²) >= 11 is 0. The fourth-order valence-corrected chi connectivity index (χ4v) is 3.93. The maximum Gasteiger partial charge on any atom is 0.383 e. The molecule has 0 bridgehead atoms. The lowest BCUT2D eigenvalue weighted by molar-refractivity contribution is -0.392. The lowest BCUT2D eigenvalue weighted by Gasteiger charge is -2.12. The standard InChI is InChI=1S/C15H15N3O5S/c1-9-5-6-11-12(8-23-14(11)10(9)2)17-24(21,22)13-4-3-7-16-15(13)18(19)20/h3-7,12,17H,8H2,1-2H3/t12-/m0/s1. The minimum atomic E-state index is -4.12. The van der Waals surface area contributed by atoms with Crippen LogP contribution in [0.2, 0.25) is 0 Å². The summed E-state index contributed by atoms with van der Waals surface area (Å²) in [6, 6.07) is 5.58. The highest BCUT2D eigenvalue weighted by atomic mass is 32.2. The van der Waals surface area contributed by atoms with E-state index in [1.54, 1.807) is 6.07 Å². The third kappa shape index (κ3) is 2.72. The molecular weight excluding hydrogens is 334 g/mol. The smallest absolute Gasteiger partial charge is 0.383 e. The predicted octanol–water partition coefficient (Wildman–Crippen LogP) is 2.02. The highest BCUT2D eigenvalue weighted by Crippen LogP contribution is 2.37. The van der Waals surface area contributed by atoms with Crippen molar-refractivity contribution in [3.8, 4) is 5.75 Å². The second-order valence-corrected chi connectivity index (χ2v) is 7.18. The average molecular weight is 349 g/mol. The van der Waals surface area contributed by atoms with E-state index in [1.807, 2.05) is 19.9 Å². The Balaban J connectivity index is 1.97. The highest BCUT2D eigenvalue weighted by molar-refractivity contribution is 7.89. The number of rotatable bonds is 4. The van der Waals surface area contributed by atoms with E-state index in [9.17, 15) is 18.5 Å². The van der Waals surface area contributed by atoms with Gasteiger partial charge in [0.25, 0.3) is 0 Å². The van der Waals surface area contributed by atoms with Crippen LogP contribution in [0.1, 0.15) is 22.7 Å². The fraction of sp³-hybridized carbons (Fsp3) is 0.267. The van der Waals surface area contributed by atoms with Gasteiger partial charge in [0.2, 0.25) is 10.0 Å². The van der Waals surface area contributed by atoms with Gasteiger partial charge in [-0.1, -0.05) is 12.1 Å². The highest BCUT2D eigenvalue weighted by Gasteiger charge is 2.33. The zero-order valence-corrected chi connectivity index (χ0v) is 13.8. The molecule has 0 saturated heterocycles. The molecule has 0 spiro atoms. The quantitative estimate of drug-likeness (QED) is 0.667. The number of hydrogen-bond donors (Lipinski definition) is 1. The van der Waals surface area contributed by atoms with Crippen molar-refractivity contribution >= 4 is 15.8 Å². The topological polar surface area (TPSA) is 111 Å². The van der Waals surface area contributed by atoms with E-state index in [0.717, 1.165) is 17.2 Å². The molecule has 1 aromatic heterocycles. The first kappa shape index (κ1) is 16.3. The van der Waals surface area contributed by atoms with E-state index < -0.39 is 31.7 Å². The second-order valence-electron chi connectivity index (χ2n) is 5.49. The van der Waals surface area contributed by atoms with Crippen molar-refractivity contribution in [2.75, 3.05) is 6.61 Å². The first-order valence-electron chi connectivity index (χ1n) is 7.16. The van der Waals surface area contributed by atoms with Crippen LogP contribution in [0.3, 0.4) is 0 Å². The Morgan fingerprint density at radius 2 is 2.08 bits per heavy atom. The number of nitrogens with one attached hydrogen (secondary N) is 1. The number of pyridine rings is 1. The van der Waals surface area contributed by atoms with Gasteiger partial charge in [-0.25, -0.2) is 8.42 Å². The molecule has 2 heterocycles. The number of ether oxygens (including phenoxy) is 1. The van der Waals surface area contributed by atoms with Crippen molar-refractivity contribution in [2.45, 2.75) is 24.8 Å². The van der Waals surface area contributed by atoms with Crippen molar-refractivity contribution in [1.29, 1.82) is 0 Å². The van der Waals surface area contributed by atoms with Crippen LogP contribution in [0, 0.1) is 24.0 Å². The zero-order chi connectivity index (χ0) is 17.5. The predicted molar refractivity (Wildman–Crippen MR) is 85.4 cm³/mol. The third-order valence-corrected chi connectivity index (χ3v) is 5.48. The largest absolute Gasteiger partial charge is 0.491 e. The maximum absolute atomic E-state index is 12.6. The van der Waals surface area contributed by atoms with Crippen molar-refractivity contribution in [1.82, 2.24) is 9.71 Å². The van der Waals surface area contributed by atoms with Gasteiger partial charge in [-0.3, -0.25) is 0 Å². The van der Waals surface area contributed by atoms with Crippen molar-refractivity contribution in [2.24, 2.45) is 0 Å². The average Bonchev–Trinajstić information content (AvgIpc) is 2.94. The number of benzene rings is 1. The fourth-order valence-electron chi connectivity index (χ4n) is 2.61. The SMILES string of the molecule is Cc1ccc2c(c1C)OC[C@@H]2NS(=O)(=O)c1cccnc1[N+](=O)[O-]. The monoisotopic (exact) mass is 349 g/mol. The van der Waals surface area contributed by atoms with Gasteiger partial charge < -0.3 is 14.9 Å². The number of aromatic nitrogens is 1. The molecule has 0 aliphatic carbocycles. The number of aryl methyl sites for hydroxylation is 1. The zero-order valence-electron chi connectivity index (χ0n) is 13.0. The van der Waals surface area contributed by atoms with E-state index in [-0.39, 0.29) is 6.61 Å². The molecule has 8 nitrogen and oxygen atoms in total. The Morgan fingerprint density at radius 1 is 1.33 bits per heavy atom. The van der Waals surface area contributed by atoms with Crippen LogP contribution >= 0.6 is 0 Å². The van der Waals surface area contributed by atoms with Gasteiger partial charge in [-0.05, 0) is 47.0 Å². The molecule has 24 heavy (non-hydrogen) atoms. The van der Waals surface area contributed by atoms with Crippen molar-refractivity contribution in [3.63, 3.8) is 0 Å². The lowest BCUT2D eigenvalue weighted by atomic mass is 10.0. The first-order valence-corrected chi connectivity index (χ1v) is 8.64. The Bertz CT molecular complexity index is 927. The van der Waals surface area contributed by atoms with E-state index in [0.29, 0.717) is 11.3 Å². The molecule has 2 aromatic rings. The summed E-state index contributed by atoms with van der Waals surface area (Å²) in [6.07, 6.45) is 1.18. The molecule has 1 atom stereocenters. The van der Waals surface area contributed by atoms with Gasteiger partial charge in [0.1, 0.15) is 18.6 Å². The Morgan fingerprint density at radius 3 is 2.79 bits per heavy atom. The summed E-state index contributed by atoms with van der Waals surface area (Å²) in [7, 11) is -4.12. The van der Waals surface area contributed by atoms with Crippen LogP contribution in [0.4, 0.5) is 5.82 Å². The second kappa shape index (κ2) is 5.84. The summed E-state index contributed by atoms with van der Waals surface area (Å²) in [4.78, 5) is 13.3. The molecule has 1 aliphatic rings. The molecule has 126 valence electrons. The summed E-state index contributed by atoms with van der Waals surface area (Å²) in [5.41, 5.74) is 2.70. The Hall–Kier alpha value is -2.52. The minimum absolute atomic E-state index is 0.132. The van der Waals surface area contributed by atoms with Gasteiger partial charge in [0.05, 0.1) is 6.04 Å². The van der Waals surface area contributed by atoms with Gasteiger partial charge in [-0.15, -0.1) is 0 Å². The molecule has 0 radical (unpaired) electrons. The van der Waals surface area contributed by atoms with E-state index in [1.165, 1.54) is 12.3 Å². The van der Waals surface area contributed by atoms with Gasteiger partial charge in [0, 0.05) is 5.56 Å². The van der Waals surface area contributed by atoms with E-state index in [2.05, 4.69) is 9.71 Å². The minimum Gasteiger partial charge on any atom is -0.491 e. The van der Waals surface area contributed by atoms with Crippen LogP contribution < -0.4 is 9.46 Å². The van der Waals surface area contributed by atoms with Crippen molar-refractivity contribution < 1.29 is 18.1 Å². The van der Waals surface area contributed by atoms with Crippen LogP contribution in [0.5, 0.6) is 5.75 Å². The van der Waals surface area contributed by atoms with E-state index >= 15 is 0 Å². The Kier molecular flexibility index (Phi) is 3.98.